The van der Waals surface area contributed by atoms with E-state index in [1.54, 1.807) is 6.92 Å². The number of anilines is 1. The molecule has 25 heavy (non-hydrogen) atoms. The highest BCUT2D eigenvalue weighted by molar-refractivity contribution is 6.08. The van der Waals surface area contributed by atoms with E-state index in [4.69, 9.17) is 10.5 Å². The zero-order valence-corrected chi connectivity index (χ0v) is 13.5. The first-order valence-electron chi connectivity index (χ1n) is 7.18. The van der Waals surface area contributed by atoms with Crippen molar-refractivity contribution >= 4 is 17.5 Å². The molecule has 3 N–H and O–H groups in total. The van der Waals surface area contributed by atoms with E-state index in [0.717, 1.165) is 0 Å². The molecule has 0 aliphatic heterocycles. The summed E-state index contributed by atoms with van der Waals surface area (Å²) in [5.74, 6) is -1.55. The fraction of sp³-hybridized carbons (Fsp3) is 0.267. The molecule has 0 saturated carbocycles. The number of rotatable bonds is 7. The van der Waals surface area contributed by atoms with Crippen LogP contribution in [-0.2, 0) is 7.05 Å². The molecule has 10 heteroatoms. The van der Waals surface area contributed by atoms with E-state index < -0.39 is 18.4 Å². The van der Waals surface area contributed by atoms with Crippen molar-refractivity contribution in [1.29, 1.82) is 0 Å². The zero-order chi connectivity index (χ0) is 18.6. The van der Waals surface area contributed by atoms with E-state index in [9.17, 15) is 18.4 Å². The minimum absolute atomic E-state index is 0.00300. The highest BCUT2D eigenvalue weighted by Crippen LogP contribution is 2.30. The fourth-order valence-electron chi connectivity index (χ4n) is 2.13. The number of halogens is 2. The lowest BCUT2D eigenvalue weighted by Gasteiger charge is -2.12. The topological polar surface area (TPSA) is 108 Å². The summed E-state index contributed by atoms with van der Waals surface area (Å²) in [5.41, 5.74) is 5.52. The molecule has 1 heterocycles. The second-order valence-corrected chi connectivity index (χ2v) is 4.82. The van der Waals surface area contributed by atoms with E-state index in [-0.39, 0.29) is 35.1 Å². The van der Waals surface area contributed by atoms with Gasteiger partial charge in [-0.2, -0.15) is 13.9 Å². The van der Waals surface area contributed by atoms with Crippen molar-refractivity contribution in [2.45, 2.75) is 13.5 Å². The molecule has 2 aromatic rings. The smallest absolute Gasteiger partial charge is 0.387 e. The summed E-state index contributed by atoms with van der Waals surface area (Å²) in [6, 6.07) is 3.75. The molecule has 0 spiro atoms. The van der Waals surface area contributed by atoms with Crippen molar-refractivity contribution in [3.63, 3.8) is 0 Å². The molecule has 0 fully saturated rings. The molecule has 8 nitrogen and oxygen atoms in total. The molecule has 1 aromatic carbocycles. The van der Waals surface area contributed by atoms with Gasteiger partial charge in [0.05, 0.1) is 18.5 Å². The lowest BCUT2D eigenvalue weighted by Crippen LogP contribution is -2.20. The minimum Gasteiger partial charge on any atom is -0.490 e. The number of carbonyl (C=O) groups is 2. The number of primary amides is 1. The summed E-state index contributed by atoms with van der Waals surface area (Å²) in [5, 5.41) is 6.34. The molecule has 0 radical (unpaired) electrons. The number of nitrogens with one attached hydrogen (secondary N) is 1. The number of hydrogen-bond donors (Lipinski definition) is 2. The van der Waals surface area contributed by atoms with Gasteiger partial charge in [-0.25, -0.2) is 0 Å². The van der Waals surface area contributed by atoms with Crippen LogP contribution < -0.4 is 20.5 Å². The summed E-state index contributed by atoms with van der Waals surface area (Å²) in [6.45, 7) is -1.17. The lowest BCUT2D eigenvalue weighted by molar-refractivity contribution is -0.0514. The summed E-state index contributed by atoms with van der Waals surface area (Å²) in [7, 11) is 1.50. The highest BCUT2D eigenvalue weighted by atomic mass is 19.3. The molecule has 0 unspecified atom stereocenters. The van der Waals surface area contributed by atoms with Crippen LogP contribution in [0.5, 0.6) is 11.5 Å². The van der Waals surface area contributed by atoms with E-state index in [0.29, 0.717) is 0 Å². The van der Waals surface area contributed by atoms with Gasteiger partial charge in [0.15, 0.2) is 11.5 Å². The molecular formula is C15H16F2N4O4. The third kappa shape index (κ3) is 4.22. The predicted molar refractivity (Wildman–Crippen MR) is 83.9 cm³/mol. The molecule has 0 bridgehead atoms. The summed E-state index contributed by atoms with van der Waals surface area (Å²) in [4.78, 5) is 23.8. The van der Waals surface area contributed by atoms with Crippen LogP contribution in [0.15, 0.2) is 24.4 Å². The largest absolute Gasteiger partial charge is 0.490 e. The van der Waals surface area contributed by atoms with Gasteiger partial charge in [-0.3, -0.25) is 14.3 Å². The van der Waals surface area contributed by atoms with Crippen LogP contribution in [0, 0.1) is 0 Å². The average Bonchev–Trinajstić information content (AvgIpc) is 2.89. The van der Waals surface area contributed by atoms with Crippen LogP contribution in [0.1, 0.15) is 27.8 Å². The number of amides is 2. The third-order valence-electron chi connectivity index (χ3n) is 3.14. The lowest BCUT2D eigenvalue weighted by atomic mass is 10.2. The molecule has 134 valence electrons. The average molecular weight is 354 g/mol. The zero-order valence-electron chi connectivity index (χ0n) is 13.5. The number of nitrogens with two attached hydrogens (primary N) is 1. The molecule has 0 saturated heterocycles. The SMILES string of the molecule is CCOc1cc(C(=O)Nc2cnn(C)c2C(N)=O)ccc1OC(F)F. The normalized spacial score (nSPS) is 10.6. The summed E-state index contributed by atoms with van der Waals surface area (Å²) < 4.78 is 35.6. The Morgan fingerprint density at radius 2 is 2.08 bits per heavy atom. The van der Waals surface area contributed by atoms with Crippen molar-refractivity contribution in [3.05, 3.63) is 35.7 Å². The van der Waals surface area contributed by atoms with Crippen molar-refractivity contribution in [3.8, 4) is 11.5 Å². The van der Waals surface area contributed by atoms with E-state index in [1.807, 2.05) is 0 Å². The van der Waals surface area contributed by atoms with E-state index in [2.05, 4.69) is 15.2 Å². The van der Waals surface area contributed by atoms with Crippen molar-refractivity contribution in [2.75, 3.05) is 11.9 Å². The Morgan fingerprint density at radius 1 is 1.36 bits per heavy atom. The number of aryl methyl sites for hydroxylation is 1. The molecule has 0 atom stereocenters. The van der Waals surface area contributed by atoms with Gasteiger partial charge in [0.25, 0.3) is 11.8 Å². The second kappa shape index (κ2) is 7.60. The second-order valence-electron chi connectivity index (χ2n) is 4.82. The Hall–Kier alpha value is -3.17. The molecule has 0 aliphatic carbocycles. The number of alkyl halides is 2. The predicted octanol–water partition coefficient (Wildman–Crippen LogP) is 1.77. The first-order valence-corrected chi connectivity index (χ1v) is 7.18. The Labute approximate surface area is 141 Å². The number of ether oxygens (including phenoxy) is 2. The van der Waals surface area contributed by atoms with Crippen LogP contribution in [0.2, 0.25) is 0 Å². The number of aromatic nitrogens is 2. The molecule has 2 amide bonds. The van der Waals surface area contributed by atoms with Gasteiger partial charge in [-0.05, 0) is 25.1 Å². The van der Waals surface area contributed by atoms with Gasteiger partial charge in [-0.15, -0.1) is 0 Å². The highest BCUT2D eigenvalue weighted by Gasteiger charge is 2.19. The molecular weight excluding hydrogens is 338 g/mol. The maximum atomic E-state index is 12.4. The Balaban J connectivity index is 2.27. The number of carbonyl (C=O) groups excluding carboxylic acids is 2. The van der Waals surface area contributed by atoms with Crippen LogP contribution in [0.4, 0.5) is 14.5 Å². The summed E-state index contributed by atoms with van der Waals surface area (Å²) in [6.07, 6.45) is 1.27. The molecule has 2 rings (SSSR count). The maximum absolute atomic E-state index is 12.4. The number of benzene rings is 1. The van der Waals surface area contributed by atoms with Crippen molar-refractivity contribution < 1.29 is 27.8 Å². The van der Waals surface area contributed by atoms with Crippen molar-refractivity contribution in [1.82, 2.24) is 9.78 Å². The minimum atomic E-state index is -3.02. The standard InChI is InChI=1S/C15H16F2N4O4/c1-3-24-11-6-8(4-5-10(11)25-15(16)17)14(23)20-9-7-19-21(2)12(9)13(18)22/h4-7,15H,3H2,1-2H3,(H2,18,22)(H,20,23). The maximum Gasteiger partial charge on any atom is 0.387 e. The summed E-state index contributed by atoms with van der Waals surface area (Å²) >= 11 is 0. The van der Waals surface area contributed by atoms with Gasteiger partial charge in [0.1, 0.15) is 5.69 Å². The van der Waals surface area contributed by atoms with Gasteiger partial charge in [0.2, 0.25) is 0 Å². The van der Waals surface area contributed by atoms with Crippen molar-refractivity contribution in [2.24, 2.45) is 12.8 Å². The number of hydrogen-bond acceptors (Lipinski definition) is 5. The third-order valence-corrected chi connectivity index (χ3v) is 3.14. The first kappa shape index (κ1) is 18.2. The monoisotopic (exact) mass is 354 g/mol. The Morgan fingerprint density at radius 3 is 2.68 bits per heavy atom. The van der Waals surface area contributed by atoms with Crippen LogP contribution in [0.3, 0.4) is 0 Å². The number of nitrogens with zero attached hydrogens (tertiary/aromatic N) is 2. The van der Waals surface area contributed by atoms with E-state index >= 15 is 0 Å². The molecule has 1 aromatic heterocycles. The molecule has 0 aliphatic rings. The first-order chi connectivity index (χ1) is 11.8. The van der Waals surface area contributed by atoms with Gasteiger partial charge >= 0.3 is 6.61 Å². The van der Waals surface area contributed by atoms with Crippen LogP contribution >= 0.6 is 0 Å². The van der Waals surface area contributed by atoms with E-state index in [1.165, 1.54) is 36.1 Å². The quantitative estimate of drug-likeness (QED) is 0.788. The van der Waals surface area contributed by atoms with Crippen LogP contribution in [0.25, 0.3) is 0 Å². The van der Waals surface area contributed by atoms with Crippen LogP contribution in [-0.4, -0.2) is 34.8 Å². The van der Waals surface area contributed by atoms with Gasteiger partial charge < -0.3 is 20.5 Å². The Kier molecular flexibility index (Phi) is 5.52. The van der Waals surface area contributed by atoms with Gasteiger partial charge in [0, 0.05) is 12.6 Å². The fourth-order valence-corrected chi connectivity index (χ4v) is 2.13. The van der Waals surface area contributed by atoms with Gasteiger partial charge in [-0.1, -0.05) is 0 Å². The Bertz CT molecular complexity index is 792.